The lowest BCUT2D eigenvalue weighted by molar-refractivity contribution is -0.385. The molecule has 2 rings (SSSR count). The third-order valence-electron chi connectivity index (χ3n) is 2.99. The molecule has 0 unspecified atom stereocenters. The van der Waals surface area contributed by atoms with Crippen molar-refractivity contribution < 1.29 is 9.66 Å². The molecule has 0 amide bonds. The molecule has 0 aliphatic rings. The van der Waals surface area contributed by atoms with Gasteiger partial charge in [0.15, 0.2) is 5.75 Å². The van der Waals surface area contributed by atoms with Crippen LogP contribution in [0.3, 0.4) is 0 Å². The van der Waals surface area contributed by atoms with E-state index >= 15 is 0 Å². The number of anilines is 1. The van der Waals surface area contributed by atoms with E-state index in [1.165, 1.54) is 15.8 Å². The molecule has 1 heterocycles. The van der Waals surface area contributed by atoms with E-state index in [0.717, 1.165) is 12.1 Å². The van der Waals surface area contributed by atoms with Crippen LogP contribution in [-0.4, -0.2) is 11.5 Å². The Balaban J connectivity index is 2.09. The smallest absolute Gasteiger partial charge is 0.311 e. The Morgan fingerprint density at radius 1 is 1.24 bits per heavy atom. The van der Waals surface area contributed by atoms with Gasteiger partial charge in [0, 0.05) is 34.1 Å². The summed E-state index contributed by atoms with van der Waals surface area (Å²) in [5, 5.41) is 14.2. The maximum Gasteiger partial charge on any atom is 0.311 e. The minimum atomic E-state index is -0.429. The van der Waals surface area contributed by atoms with E-state index in [9.17, 15) is 10.1 Å². The van der Waals surface area contributed by atoms with Gasteiger partial charge in [0.1, 0.15) is 0 Å². The summed E-state index contributed by atoms with van der Waals surface area (Å²) >= 11 is 1.77. The van der Waals surface area contributed by atoms with Crippen LogP contribution < -0.4 is 10.1 Å². The first-order valence-corrected chi connectivity index (χ1v) is 7.68. The first kappa shape index (κ1) is 15.3. The quantitative estimate of drug-likeness (QED) is 0.614. The van der Waals surface area contributed by atoms with Crippen molar-refractivity contribution >= 4 is 22.7 Å². The van der Waals surface area contributed by atoms with Crippen LogP contribution in [0.15, 0.2) is 30.3 Å². The Bertz CT molecular complexity index is 625. The lowest BCUT2D eigenvalue weighted by Gasteiger charge is -2.08. The molecule has 0 radical (unpaired) electrons. The standard InChI is InChI=1S/C15H18N2O3S/c1-3-12-6-7-13(21-12)10-16-11-5-8-14(17(18)19)15(9-11)20-4-2/h5-9,16H,3-4,10H2,1-2H3. The van der Waals surface area contributed by atoms with Crippen molar-refractivity contribution in [2.24, 2.45) is 0 Å². The monoisotopic (exact) mass is 306 g/mol. The van der Waals surface area contributed by atoms with Crippen molar-refractivity contribution in [1.82, 2.24) is 0 Å². The van der Waals surface area contributed by atoms with Crippen LogP contribution in [0.4, 0.5) is 11.4 Å². The lowest BCUT2D eigenvalue weighted by atomic mass is 10.2. The molecule has 112 valence electrons. The molecule has 21 heavy (non-hydrogen) atoms. The number of rotatable bonds is 7. The molecule has 5 nitrogen and oxygen atoms in total. The molecule has 1 aromatic heterocycles. The first-order valence-electron chi connectivity index (χ1n) is 6.86. The molecule has 0 aliphatic heterocycles. The summed E-state index contributed by atoms with van der Waals surface area (Å²) in [6, 6.07) is 9.08. The lowest BCUT2D eigenvalue weighted by Crippen LogP contribution is -2.01. The molecular formula is C15H18N2O3S. The first-order chi connectivity index (χ1) is 10.1. The molecule has 1 N–H and O–H groups in total. The number of hydrogen-bond donors (Lipinski definition) is 1. The molecule has 6 heteroatoms. The van der Waals surface area contributed by atoms with E-state index in [1.807, 2.05) is 6.92 Å². The van der Waals surface area contributed by atoms with Crippen LogP contribution in [0.5, 0.6) is 5.75 Å². The van der Waals surface area contributed by atoms with Gasteiger partial charge in [-0.25, -0.2) is 0 Å². The second kappa shape index (κ2) is 7.08. The van der Waals surface area contributed by atoms with Crippen molar-refractivity contribution in [2.75, 3.05) is 11.9 Å². The zero-order valence-electron chi connectivity index (χ0n) is 12.1. The summed E-state index contributed by atoms with van der Waals surface area (Å²) in [7, 11) is 0. The fourth-order valence-electron chi connectivity index (χ4n) is 1.94. The fourth-order valence-corrected chi connectivity index (χ4v) is 2.84. The number of nitro groups is 1. The van der Waals surface area contributed by atoms with Gasteiger partial charge in [-0.15, -0.1) is 11.3 Å². The molecular weight excluding hydrogens is 288 g/mol. The minimum Gasteiger partial charge on any atom is -0.487 e. The van der Waals surface area contributed by atoms with E-state index in [2.05, 4.69) is 24.4 Å². The number of aryl methyl sites for hydroxylation is 1. The molecule has 0 spiro atoms. The van der Waals surface area contributed by atoms with Crippen LogP contribution in [-0.2, 0) is 13.0 Å². The van der Waals surface area contributed by atoms with Crippen LogP contribution in [0.1, 0.15) is 23.6 Å². The van der Waals surface area contributed by atoms with Crippen molar-refractivity contribution in [2.45, 2.75) is 26.8 Å². The number of hydrogen-bond acceptors (Lipinski definition) is 5. The highest BCUT2D eigenvalue weighted by Gasteiger charge is 2.15. The van der Waals surface area contributed by atoms with Gasteiger partial charge in [-0.2, -0.15) is 0 Å². The third kappa shape index (κ3) is 3.95. The highest BCUT2D eigenvalue weighted by Crippen LogP contribution is 2.30. The normalized spacial score (nSPS) is 10.4. The third-order valence-corrected chi connectivity index (χ3v) is 4.22. The number of nitrogens with one attached hydrogen (secondary N) is 1. The van der Waals surface area contributed by atoms with Gasteiger partial charge in [-0.05, 0) is 31.5 Å². The van der Waals surface area contributed by atoms with E-state index in [1.54, 1.807) is 23.5 Å². The van der Waals surface area contributed by atoms with Gasteiger partial charge in [0.25, 0.3) is 0 Å². The zero-order chi connectivity index (χ0) is 15.2. The largest absolute Gasteiger partial charge is 0.487 e. The average Bonchev–Trinajstić information content (AvgIpc) is 2.93. The summed E-state index contributed by atoms with van der Waals surface area (Å²) in [6.45, 7) is 5.04. The second-order valence-corrected chi connectivity index (χ2v) is 5.70. The number of thiophene rings is 1. The van der Waals surface area contributed by atoms with E-state index < -0.39 is 4.92 Å². The van der Waals surface area contributed by atoms with Crippen LogP contribution in [0.2, 0.25) is 0 Å². The predicted molar refractivity (Wildman–Crippen MR) is 85.3 cm³/mol. The topological polar surface area (TPSA) is 64.4 Å². The molecule has 2 aromatic rings. The molecule has 1 aromatic carbocycles. The highest BCUT2D eigenvalue weighted by atomic mass is 32.1. The maximum atomic E-state index is 10.9. The number of ether oxygens (including phenoxy) is 1. The molecule has 0 saturated heterocycles. The van der Waals surface area contributed by atoms with Crippen molar-refractivity contribution in [1.29, 1.82) is 0 Å². The zero-order valence-corrected chi connectivity index (χ0v) is 12.9. The Morgan fingerprint density at radius 2 is 2.00 bits per heavy atom. The van der Waals surface area contributed by atoms with Gasteiger partial charge in [0.05, 0.1) is 11.5 Å². The van der Waals surface area contributed by atoms with E-state index in [-0.39, 0.29) is 5.69 Å². The van der Waals surface area contributed by atoms with Crippen LogP contribution in [0, 0.1) is 10.1 Å². The molecule has 0 bridgehead atoms. The van der Waals surface area contributed by atoms with Crippen molar-refractivity contribution in [3.05, 3.63) is 50.2 Å². The minimum absolute atomic E-state index is 0.00760. The van der Waals surface area contributed by atoms with Gasteiger partial charge >= 0.3 is 5.69 Å². The molecule has 0 atom stereocenters. The van der Waals surface area contributed by atoms with E-state index in [0.29, 0.717) is 18.9 Å². The number of nitrogens with zero attached hydrogens (tertiary/aromatic N) is 1. The summed E-state index contributed by atoms with van der Waals surface area (Å²) in [5.74, 6) is 0.299. The summed E-state index contributed by atoms with van der Waals surface area (Å²) in [6.07, 6.45) is 1.04. The summed E-state index contributed by atoms with van der Waals surface area (Å²) in [4.78, 5) is 13.1. The van der Waals surface area contributed by atoms with Crippen molar-refractivity contribution in [3.8, 4) is 5.75 Å². The highest BCUT2D eigenvalue weighted by molar-refractivity contribution is 7.12. The Hall–Kier alpha value is -2.08. The number of nitro benzene ring substituents is 1. The Labute approximate surface area is 127 Å². The van der Waals surface area contributed by atoms with Crippen molar-refractivity contribution in [3.63, 3.8) is 0 Å². The molecule has 0 aliphatic carbocycles. The van der Waals surface area contributed by atoms with Gasteiger partial charge in [-0.1, -0.05) is 6.92 Å². The SMILES string of the molecule is CCOc1cc(NCc2ccc(CC)s2)ccc1[N+](=O)[O-]. The predicted octanol–water partition coefficient (Wildman–Crippen LogP) is 4.23. The van der Waals surface area contributed by atoms with E-state index in [4.69, 9.17) is 4.74 Å². The summed E-state index contributed by atoms with van der Waals surface area (Å²) < 4.78 is 5.33. The van der Waals surface area contributed by atoms with Crippen LogP contribution >= 0.6 is 11.3 Å². The van der Waals surface area contributed by atoms with Crippen LogP contribution in [0.25, 0.3) is 0 Å². The Morgan fingerprint density at radius 3 is 2.62 bits per heavy atom. The summed E-state index contributed by atoms with van der Waals surface area (Å²) in [5.41, 5.74) is 0.808. The van der Waals surface area contributed by atoms with Gasteiger partial charge < -0.3 is 10.1 Å². The molecule has 0 fully saturated rings. The fraction of sp³-hybridized carbons (Fsp3) is 0.333. The second-order valence-electron chi connectivity index (χ2n) is 4.45. The average molecular weight is 306 g/mol. The maximum absolute atomic E-state index is 10.9. The van der Waals surface area contributed by atoms with Gasteiger partial charge in [0.2, 0.25) is 0 Å². The van der Waals surface area contributed by atoms with Gasteiger partial charge in [-0.3, -0.25) is 10.1 Å². The number of benzene rings is 1. The molecule has 0 saturated carbocycles. The Kier molecular flexibility index (Phi) is 5.16.